The fourth-order valence-corrected chi connectivity index (χ4v) is 3.17. The third kappa shape index (κ3) is 4.60. The maximum atomic E-state index is 3.78. The van der Waals surface area contributed by atoms with Gasteiger partial charge in [-0.1, -0.05) is 38.1 Å². The molecule has 1 aromatic rings. The van der Waals surface area contributed by atoms with Gasteiger partial charge in [0.05, 0.1) is 0 Å². The molecule has 112 valence electrons. The first kappa shape index (κ1) is 15.5. The van der Waals surface area contributed by atoms with Gasteiger partial charge in [0.1, 0.15) is 0 Å². The number of hydrogen-bond acceptors (Lipinski definition) is 2. The number of benzene rings is 1. The Balaban J connectivity index is 1.90. The fourth-order valence-electron chi connectivity index (χ4n) is 3.17. The van der Waals surface area contributed by atoms with Gasteiger partial charge in [0, 0.05) is 18.6 Å². The normalized spacial score (nSPS) is 22.1. The van der Waals surface area contributed by atoms with E-state index in [2.05, 4.69) is 62.3 Å². The van der Waals surface area contributed by atoms with Crippen LogP contribution in [-0.2, 0) is 6.42 Å². The zero-order chi connectivity index (χ0) is 14.5. The molecule has 20 heavy (non-hydrogen) atoms. The maximum absolute atomic E-state index is 3.78. The van der Waals surface area contributed by atoms with Gasteiger partial charge < -0.3 is 10.2 Å². The van der Waals surface area contributed by atoms with Crippen molar-refractivity contribution in [1.82, 2.24) is 10.2 Å². The van der Waals surface area contributed by atoms with Crippen LogP contribution in [0.5, 0.6) is 0 Å². The average Bonchev–Trinajstić information content (AvgIpc) is 2.38. The number of nitrogens with zero attached hydrogens (tertiary/aromatic N) is 1. The van der Waals surface area contributed by atoms with Gasteiger partial charge in [0.2, 0.25) is 0 Å². The van der Waals surface area contributed by atoms with E-state index in [-0.39, 0.29) is 0 Å². The van der Waals surface area contributed by atoms with Crippen molar-refractivity contribution in [3.05, 3.63) is 35.4 Å². The highest BCUT2D eigenvalue weighted by Gasteiger charge is 2.19. The number of hydrogen-bond donors (Lipinski definition) is 1. The monoisotopic (exact) mass is 274 g/mol. The van der Waals surface area contributed by atoms with Crippen molar-refractivity contribution in [2.75, 3.05) is 20.1 Å². The second kappa shape index (κ2) is 7.24. The van der Waals surface area contributed by atoms with Crippen LogP contribution in [0.3, 0.4) is 0 Å². The largest absolute Gasteiger partial charge is 0.306 e. The van der Waals surface area contributed by atoms with E-state index in [4.69, 9.17) is 0 Å². The molecule has 0 saturated carbocycles. The molecule has 1 aliphatic heterocycles. The van der Waals surface area contributed by atoms with Crippen molar-refractivity contribution < 1.29 is 0 Å². The first-order chi connectivity index (χ1) is 9.54. The summed E-state index contributed by atoms with van der Waals surface area (Å²) in [5, 5.41) is 3.78. The van der Waals surface area contributed by atoms with Gasteiger partial charge in [0.15, 0.2) is 0 Å². The van der Waals surface area contributed by atoms with Crippen LogP contribution in [0.2, 0.25) is 0 Å². The standard InChI is InChI=1S/C18H30N2/c1-14(2)12-16-7-9-17(10-8-16)15(3)19-18-6-5-11-20(4)13-18/h7-10,14-15,18-19H,5-6,11-13H2,1-4H3. The van der Waals surface area contributed by atoms with Crippen molar-refractivity contribution in [1.29, 1.82) is 0 Å². The lowest BCUT2D eigenvalue weighted by Crippen LogP contribution is -2.44. The molecule has 0 amide bonds. The summed E-state index contributed by atoms with van der Waals surface area (Å²) in [5.74, 6) is 0.731. The van der Waals surface area contributed by atoms with Crippen LogP contribution in [0.25, 0.3) is 0 Å². The summed E-state index contributed by atoms with van der Waals surface area (Å²) in [6.07, 6.45) is 3.80. The molecule has 0 aliphatic carbocycles. The van der Waals surface area contributed by atoms with Crippen molar-refractivity contribution in [3.8, 4) is 0 Å². The molecular formula is C18H30N2. The van der Waals surface area contributed by atoms with Crippen molar-refractivity contribution in [2.24, 2.45) is 5.92 Å². The highest BCUT2D eigenvalue weighted by atomic mass is 15.1. The van der Waals surface area contributed by atoms with Gasteiger partial charge in [0.25, 0.3) is 0 Å². The molecule has 0 spiro atoms. The molecule has 2 rings (SSSR count). The maximum Gasteiger partial charge on any atom is 0.0294 e. The zero-order valence-corrected chi connectivity index (χ0v) is 13.5. The molecular weight excluding hydrogens is 244 g/mol. The van der Waals surface area contributed by atoms with E-state index >= 15 is 0 Å². The predicted octanol–water partition coefficient (Wildman–Crippen LogP) is 3.63. The first-order valence-corrected chi connectivity index (χ1v) is 8.08. The van der Waals surface area contributed by atoms with Gasteiger partial charge in [-0.15, -0.1) is 0 Å². The molecule has 1 fully saturated rings. The van der Waals surface area contributed by atoms with E-state index in [9.17, 15) is 0 Å². The second-order valence-electron chi connectivity index (χ2n) is 6.83. The van der Waals surface area contributed by atoms with Gasteiger partial charge in [-0.2, -0.15) is 0 Å². The van der Waals surface area contributed by atoms with E-state index < -0.39 is 0 Å². The molecule has 1 heterocycles. The summed E-state index contributed by atoms with van der Waals surface area (Å²) in [6, 6.07) is 10.3. The van der Waals surface area contributed by atoms with Gasteiger partial charge in [-0.05, 0) is 56.8 Å². The van der Waals surface area contributed by atoms with Crippen LogP contribution >= 0.6 is 0 Å². The van der Waals surface area contributed by atoms with Crippen LogP contribution in [0.15, 0.2) is 24.3 Å². The summed E-state index contributed by atoms with van der Waals surface area (Å²) in [6.45, 7) is 9.26. The number of nitrogens with one attached hydrogen (secondary N) is 1. The van der Waals surface area contributed by atoms with Crippen LogP contribution < -0.4 is 5.32 Å². The topological polar surface area (TPSA) is 15.3 Å². The second-order valence-corrected chi connectivity index (χ2v) is 6.83. The molecule has 0 radical (unpaired) electrons. The van der Waals surface area contributed by atoms with Gasteiger partial charge in [-0.3, -0.25) is 0 Å². The minimum absolute atomic E-state index is 0.444. The summed E-state index contributed by atoms with van der Waals surface area (Å²) in [4.78, 5) is 2.43. The Bertz CT molecular complexity index is 396. The lowest BCUT2D eigenvalue weighted by molar-refractivity contribution is 0.218. The first-order valence-electron chi connectivity index (χ1n) is 8.08. The average molecular weight is 274 g/mol. The summed E-state index contributed by atoms with van der Waals surface area (Å²) < 4.78 is 0. The highest BCUT2D eigenvalue weighted by molar-refractivity contribution is 5.25. The fraction of sp³-hybridized carbons (Fsp3) is 0.667. The van der Waals surface area contributed by atoms with Crippen molar-refractivity contribution in [3.63, 3.8) is 0 Å². The third-order valence-electron chi connectivity index (χ3n) is 4.23. The van der Waals surface area contributed by atoms with Gasteiger partial charge in [-0.25, -0.2) is 0 Å². The predicted molar refractivity (Wildman–Crippen MR) is 87.1 cm³/mol. The van der Waals surface area contributed by atoms with Crippen LogP contribution in [0.1, 0.15) is 50.8 Å². The molecule has 1 aromatic carbocycles. The highest BCUT2D eigenvalue weighted by Crippen LogP contribution is 2.18. The Morgan fingerprint density at radius 2 is 1.90 bits per heavy atom. The summed E-state index contributed by atoms with van der Waals surface area (Å²) in [5.41, 5.74) is 2.86. The minimum atomic E-state index is 0.444. The van der Waals surface area contributed by atoms with E-state index in [0.717, 1.165) is 5.92 Å². The molecule has 1 N–H and O–H groups in total. The van der Waals surface area contributed by atoms with Gasteiger partial charge >= 0.3 is 0 Å². The molecule has 1 saturated heterocycles. The molecule has 1 aliphatic rings. The molecule has 2 nitrogen and oxygen atoms in total. The summed E-state index contributed by atoms with van der Waals surface area (Å²) >= 11 is 0. The van der Waals surface area contributed by atoms with E-state index in [1.807, 2.05) is 0 Å². The zero-order valence-electron chi connectivity index (χ0n) is 13.5. The Morgan fingerprint density at radius 1 is 1.20 bits per heavy atom. The van der Waals surface area contributed by atoms with Crippen LogP contribution in [0, 0.1) is 5.92 Å². The van der Waals surface area contributed by atoms with Crippen LogP contribution in [0.4, 0.5) is 0 Å². The van der Waals surface area contributed by atoms with Crippen molar-refractivity contribution in [2.45, 2.75) is 52.1 Å². The quantitative estimate of drug-likeness (QED) is 0.882. The smallest absolute Gasteiger partial charge is 0.0294 e. The number of likely N-dealkylation sites (N-methyl/N-ethyl adjacent to an activating group) is 1. The van der Waals surface area contributed by atoms with Crippen LogP contribution in [-0.4, -0.2) is 31.1 Å². The van der Waals surface area contributed by atoms with E-state index in [1.165, 1.54) is 43.5 Å². The minimum Gasteiger partial charge on any atom is -0.306 e. The molecule has 2 unspecified atom stereocenters. The van der Waals surface area contributed by atoms with E-state index in [0.29, 0.717) is 12.1 Å². The molecule has 2 atom stereocenters. The number of piperidine rings is 1. The number of likely N-dealkylation sites (tertiary alicyclic amines) is 1. The SMILES string of the molecule is CC(C)Cc1ccc(C(C)NC2CCCN(C)C2)cc1. The molecule has 0 bridgehead atoms. The molecule has 2 heteroatoms. The Labute approximate surface area is 124 Å². The molecule has 0 aromatic heterocycles. The lowest BCUT2D eigenvalue weighted by Gasteiger charge is -2.32. The summed E-state index contributed by atoms with van der Waals surface area (Å²) in [7, 11) is 2.22. The number of rotatable bonds is 5. The van der Waals surface area contributed by atoms with Crippen molar-refractivity contribution >= 4 is 0 Å². The Morgan fingerprint density at radius 3 is 2.50 bits per heavy atom. The Hall–Kier alpha value is -0.860. The van der Waals surface area contributed by atoms with E-state index in [1.54, 1.807) is 0 Å². The third-order valence-corrected chi connectivity index (χ3v) is 4.23. The lowest BCUT2D eigenvalue weighted by atomic mass is 9.99. The Kier molecular flexibility index (Phi) is 5.62.